The van der Waals surface area contributed by atoms with Crippen molar-refractivity contribution in [3.05, 3.63) is 58.3 Å². The highest BCUT2D eigenvalue weighted by molar-refractivity contribution is 5.92. The molecule has 1 heterocycles. The van der Waals surface area contributed by atoms with E-state index < -0.39 is 11.4 Å². The minimum atomic E-state index is -0.407. The number of nitrogens with zero attached hydrogens (tertiary/aromatic N) is 2. The van der Waals surface area contributed by atoms with Crippen LogP contribution in [0.5, 0.6) is 0 Å². The number of nitrogens with one attached hydrogen (secondary N) is 2. The van der Waals surface area contributed by atoms with E-state index in [1.807, 2.05) is 0 Å². The number of amides is 1. The van der Waals surface area contributed by atoms with Gasteiger partial charge in [0.1, 0.15) is 11.5 Å². The van der Waals surface area contributed by atoms with Gasteiger partial charge in [-0.3, -0.25) is 9.59 Å². The Morgan fingerprint density at radius 3 is 2.50 bits per heavy atom. The van der Waals surface area contributed by atoms with E-state index in [4.69, 9.17) is 0 Å². The van der Waals surface area contributed by atoms with E-state index in [9.17, 15) is 14.0 Å². The fourth-order valence-corrected chi connectivity index (χ4v) is 1.96. The molecular weight excluding hydrogens is 335 g/mol. The average molecular weight is 355 g/mol. The molecule has 0 fully saturated rings. The molecular formula is C16H20ClFN4O2. The van der Waals surface area contributed by atoms with Gasteiger partial charge in [0, 0.05) is 19.2 Å². The molecule has 0 spiro atoms. The predicted octanol–water partition coefficient (Wildman–Crippen LogP) is 1.52. The molecule has 0 bridgehead atoms. The van der Waals surface area contributed by atoms with Crippen LogP contribution in [-0.4, -0.2) is 35.3 Å². The van der Waals surface area contributed by atoms with Crippen LogP contribution in [0.25, 0.3) is 5.69 Å². The summed E-state index contributed by atoms with van der Waals surface area (Å²) >= 11 is 0. The first-order valence-electron chi connectivity index (χ1n) is 7.47. The highest BCUT2D eigenvalue weighted by Gasteiger charge is 2.10. The number of halogens is 2. The summed E-state index contributed by atoms with van der Waals surface area (Å²) in [4.78, 5) is 23.9. The van der Waals surface area contributed by atoms with Crippen LogP contribution in [0.2, 0.25) is 0 Å². The highest BCUT2D eigenvalue weighted by atomic mass is 35.5. The number of rotatable bonds is 7. The fraction of sp³-hybridized carbons (Fsp3) is 0.312. The molecule has 0 aliphatic heterocycles. The van der Waals surface area contributed by atoms with Gasteiger partial charge < -0.3 is 10.6 Å². The zero-order chi connectivity index (χ0) is 16.7. The molecule has 0 unspecified atom stereocenters. The van der Waals surface area contributed by atoms with Crippen molar-refractivity contribution in [3.8, 4) is 5.69 Å². The molecule has 0 aliphatic carbocycles. The van der Waals surface area contributed by atoms with E-state index in [0.29, 0.717) is 18.8 Å². The van der Waals surface area contributed by atoms with Gasteiger partial charge in [0.2, 0.25) is 0 Å². The molecule has 2 rings (SSSR count). The minimum Gasteiger partial charge on any atom is -0.349 e. The summed E-state index contributed by atoms with van der Waals surface area (Å²) in [5, 5.41) is 9.93. The number of hydrogen-bond acceptors (Lipinski definition) is 4. The predicted molar refractivity (Wildman–Crippen MR) is 92.5 cm³/mol. The molecule has 0 saturated heterocycles. The molecule has 0 atom stereocenters. The standard InChI is InChI=1S/C16H19FN4O2.ClH/c1-2-9-18-10-11-19-16(23)14-7-8-15(22)21(20-14)13-5-3-12(17)4-6-13;/h3-8,18H,2,9-11H2,1H3,(H,19,23);1H. The summed E-state index contributed by atoms with van der Waals surface area (Å²) in [5.41, 5.74) is 0.137. The Morgan fingerprint density at radius 2 is 1.83 bits per heavy atom. The summed E-state index contributed by atoms with van der Waals surface area (Å²) in [6.07, 6.45) is 1.03. The summed E-state index contributed by atoms with van der Waals surface area (Å²) in [5.74, 6) is -0.769. The van der Waals surface area contributed by atoms with Crippen LogP contribution < -0.4 is 16.2 Å². The third-order valence-corrected chi connectivity index (χ3v) is 3.12. The van der Waals surface area contributed by atoms with E-state index in [0.717, 1.165) is 17.6 Å². The molecule has 2 aromatic rings. The molecule has 1 aromatic carbocycles. The molecule has 24 heavy (non-hydrogen) atoms. The average Bonchev–Trinajstić information content (AvgIpc) is 2.56. The van der Waals surface area contributed by atoms with E-state index in [2.05, 4.69) is 22.7 Å². The molecule has 1 aromatic heterocycles. The highest BCUT2D eigenvalue weighted by Crippen LogP contribution is 2.05. The van der Waals surface area contributed by atoms with Crippen LogP contribution in [0.4, 0.5) is 4.39 Å². The van der Waals surface area contributed by atoms with E-state index >= 15 is 0 Å². The molecule has 8 heteroatoms. The topological polar surface area (TPSA) is 76.0 Å². The van der Waals surface area contributed by atoms with Crippen molar-refractivity contribution in [3.63, 3.8) is 0 Å². The summed E-state index contributed by atoms with van der Waals surface area (Å²) in [6, 6.07) is 7.96. The summed E-state index contributed by atoms with van der Waals surface area (Å²) in [6.45, 7) is 4.09. The van der Waals surface area contributed by atoms with Crippen LogP contribution in [0.15, 0.2) is 41.2 Å². The number of benzene rings is 1. The van der Waals surface area contributed by atoms with E-state index in [-0.39, 0.29) is 24.0 Å². The van der Waals surface area contributed by atoms with Crippen molar-refractivity contribution in [1.82, 2.24) is 20.4 Å². The van der Waals surface area contributed by atoms with Gasteiger partial charge in [0.15, 0.2) is 0 Å². The van der Waals surface area contributed by atoms with E-state index in [1.54, 1.807) is 0 Å². The lowest BCUT2D eigenvalue weighted by molar-refractivity contribution is 0.0947. The van der Waals surface area contributed by atoms with Gasteiger partial charge >= 0.3 is 0 Å². The fourth-order valence-electron chi connectivity index (χ4n) is 1.96. The lowest BCUT2D eigenvalue weighted by Gasteiger charge is -2.08. The maximum atomic E-state index is 13.0. The maximum Gasteiger partial charge on any atom is 0.271 e. The monoisotopic (exact) mass is 354 g/mol. The number of aromatic nitrogens is 2. The largest absolute Gasteiger partial charge is 0.349 e. The first kappa shape index (κ1) is 19.8. The van der Waals surface area contributed by atoms with Gasteiger partial charge in [-0.05, 0) is 43.3 Å². The number of carbonyl (C=O) groups excluding carboxylic acids is 1. The van der Waals surface area contributed by atoms with Gasteiger partial charge in [0.05, 0.1) is 5.69 Å². The molecule has 2 N–H and O–H groups in total. The van der Waals surface area contributed by atoms with Crippen molar-refractivity contribution in [2.75, 3.05) is 19.6 Å². The molecule has 6 nitrogen and oxygen atoms in total. The van der Waals surface area contributed by atoms with Crippen LogP contribution in [0.3, 0.4) is 0 Å². The van der Waals surface area contributed by atoms with Crippen molar-refractivity contribution in [2.45, 2.75) is 13.3 Å². The Balaban J connectivity index is 0.00000288. The van der Waals surface area contributed by atoms with Crippen molar-refractivity contribution in [1.29, 1.82) is 0 Å². The SMILES string of the molecule is CCCNCCNC(=O)c1ccc(=O)n(-c2ccc(F)cc2)n1.Cl. The zero-order valence-electron chi connectivity index (χ0n) is 13.3. The van der Waals surface area contributed by atoms with Crippen molar-refractivity contribution >= 4 is 18.3 Å². The molecule has 0 aliphatic rings. The number of carbonyl (C=O) groups is 1. The van der Waals surface area contributed by atoms with E-state index in [1.165, 1.54) is 36.4 Å². The quantitative estimate of drug-likeness (QED) is 0.739. The van der Waals surface area contributed by atoms with Gasteiger partial charge in [0.25, 0.3) is 11.5 Å². The summed E-state index contributed by atoms with van der Waals surface area (Å²) in [7, 11) is 0. The lowest BCUT2D eigenvalue weighted by atomic mass is 10.3. The van der Waals surface area contributed by atoms with Crippen LogP contribution in [0, 0.1) is 5.82 Å². The normalized spacial score (nSPS) is 10.1. The second-order valence-corrected chi connectivity index (χ2v) is 4.95. The van der Waals surface area contributed by atoms with Gasteiger partial charge in [-0.15, -0.1) is 12.4 Å². The maximum absolute atomic E-state index is 13.0. The second-order valence-electron chi connectivity index (χ2n) is 4.95. The van der Waals surface area contributed by atoms with Crippen LogP contribution in [-0.2, 0) is 0 Å². The Bertz CT molecular complexity index is 719. The molecule has 130 valence electrons. The summed E-state index contributed by atoms with van der Waals surface area (Å²) < 4.78 is 14.0. The van der Waals surface area contributed by atoms with Crippen molar-refractivity contribution in [2.24, 2.45) is 0 Å². The Labute approximate surface area is 145 Å². The smallest absolute Gasteiger partial charge is 0.271 e. The lowest BCUT2D eigenvalue weighted by Crippen LogP contribution is -2.34. The third-order valence-electron chi connectivity index (χ3n) is 3.12. The third kappa shape index (κ3) is 5.43. The zero-order valence-corrected chi connectivity index (χ0v) is 14.1. The first-order chi connectivity index (χ1) is 11.1. The molecule has 0 radical (unpaired) electrons. The Hall–Kier alpha value is -2.25. The van der Waals surface area contributed by atoms with Crippen LogP contribution in [0.1, 0.15) is 23.8 Å². The first-order valence-corrected chi connectivity index (χ1v) is 7.47. The number of hydrogen-bond donors (Lipinski definition) is 2. The Morgan fingerprint density at radius 1 is 1.12 bits per heavy atom. The van der Waals surface area contributed by atoms with Gasteiger partial charge in [-0.2, -0.15) is 9.78 Å². The van der Waals surface area contributed by atoms with Crippen molar-refractivity contribution < 1.29 is 9.18 Å². The minimum absolute atomic E-state index is 0. The second kappa shape index (κ2) is 9.79. The van der Waals surface area contributed by atoms with Crippen LogP contribution >= 0.6 is 12.4 Å². The molecule has 1 amide bonds. The molecule has 0 saturated carbocycles. The Kier molecular flexibility index (Phi) is 8.08. The van der Waals surface area contributed by atoms with Gasteiger partial charge in [-0.25, -0.2) is 4.39 Å². The van der Waals surface area contributed by atoms with Gasteiger partial charge in [-0.1, -0.05) is 6.92 Å².